The van der Waals surface area contributed by atoms with Gasteiger partial charge in [-0.15, -0.1) is 0 Å². The molecule has 0 spiro atoms. The van der Waals surface area contributed by atoms with Crippen LogP contribution in [0.4, 0.5) is 4.39 Å². The Morgan fingerprint density at radius 2 is 2.24 bits per heavy atom. The van der Waals surface area contributed by atoms with E-state index in [4.69, 9.17) is 16.3 Å². The lowest BCUT2D eigenvalue weighted by molar-refractivity contribution is 0.276. The van der Waals surface area contributed by atoms with Gasteiger partial charge in [0.25, 0.3) is 5.88 Å². The van der Waals surface area contributed by atoms with Crippen LogP contribution < -0.4 is 4.74 Å². The SMILES string of the molecule is Fc1cnc(Cl)nc1OCc1cccc(Br)c1. The standard InChI is InChI=1S/C11H7BrClFN2O/c12-8-3-1-2-7(4-8)6-17-10-9(14)5-15-11(13)16-10/h1-5H,6H2. The first-order valence-corrected chi connectivity index (χ1v) is 5.87. The number of halogens is 3. The highest BCUT2D eigenvalue weighted by atomic mass is 79.9. The summed E-state index contributed by atoms with van der Waals surface area (Å²) in [5, 5.41) is -0.0457. The van der Waals surface area contributed by atoms with Crippen molar-refractivity contribution in [3.63, 3.8) is 0 Å². The van der Waals surface area contributed by atoms with Crippen molar-refractivity contribution in [2.45, 2.75) is 6.61 Å². The van der Waals surface area contributed by atoms with Gasteiger partial charge in [0.2, 0.25) is 11.1 Å². The Balaban J connectivity index is 2.09. The summed E-state index contributed by atoms with van der Waals surface area (Å²) in [7, 11) is 0. The summed E-state index contributed by atoms with van der Waals surface area (Å²) in [5.41, 5.74) is 0.897. The predicted molar refractivity (Wildman–Crippen MR) is 65.5 cm³/mol. The minimum atomic E-state index is -0.635. The Morgan fingerprint density at radius 3 is 3.00 bits per heavy atom. The maximum Gasteiger partial charge on any atom is 0.255 e. The largest absolute Gasteiger partial charge is 0.471 e. The Bertz CT molecular complexity index is 539. The molecule has 88 valence electrons. The lowest BCUT2D eigenvalue weighted by Crippen LogP contribution is -2.00. The molecule has 2 aromatic rings. The first kappa shape index (κ1) is 12.3. The molecule has 0 N–H and O–H groups in total. The van der Waals surface area contributed by atoms with Crippen LogP contribution in [0.1, 0.15) is 5.56 Å². The third-order valence-corrected chi connectivity index (χ3v) is 2.62. The molecule has 17 heavy (non-hydrogen) atoms. The van der Waals surface area contributed by atoms with Crippen molar-refractivity contribution < 1.29 is 9.13 Å². The van der Waals surface area contributed by atoms with E-state index in [9.17, 15) is 4.39 Å². The highest BCUT2D eigenvalue weighted by Gasteiger charge is 2.07. The van der Waals surface area contributed by atoms with Crippen LogP contribution in [-0.2, 0) is 6.61 Å². The number of aromatic nitrogens is 2. The summed E-state index contributed by atoms with van der Waals surface area (Å²) in [6.07, 6.45) is 0.978. The number of ether oxygens (including phenoxy) is 1. The third kappa shape index (κ3) is 3.38. The number of rotatable bonds is 3. The van der Waals surface area contributed by atoms with E-state index in [1.54, 1.807) is 0 Å². The zero-order valence-electron chi connectivity index (χ0n) is 8.53. The smallest absolute Gasteiger partial charge is 0.255 e. The normalized spacial score (nSPS) is 10.3. The number of hydrogen-bond donors (Lipinski definition) is 0. The molecular weight excluding hydrogens is 310 g/mol. The number of benzene rings is 1. The summed E-state index contributed by atoms with van der Waals surface area (Å²) >= 11 is 8.89. The summed E-state index contributed by atoms with van der Waals surface area (Å²) in [4.78, 5) is 7.16. The molecule has 1 aromatic carbocycles. The topological polar surface area (TPSA) is 35.0 Å². The van der Waals surface area contributed by atoms with Crippen LogP contribution in [0.25, 0.3) is 0 Å². The molecule has 0 fully saturated rings. The van der Waals surface area contributed by atoms with Gasteiger partial charge in [0.15, 0.2) is 0 Å². The van der Waals surface area contributed by atoms with E-state index in [0.717, 1.165) is 16.2 Å². The lowest BCUT2D eigenvalue weighted by atomic mass is 10.2. The van der Waals surface area contributed by atoms with Crippen molar-refractivity contribution in [3.8, 4) is 5.88 Å². The average molecular weight is 318 g/mol. The van der Waals surface area contributed by atoms with Gasteiger partial charge in [0.1, 0.15) is 6.61 Å². The van der Waals surface area contributed by atoms with Gasteiger partial charge in [-0.25, -0.2) is 4.98 Å². The molecule has 0 saturated carbocycles. The molecule has 0 aliphatic heterocycles. The van der Waals surface area contributed by atoms with Crippen molar-refractivity contribution >= 4 is 27.5 Å². The van der Waals surface area contributed by atoms with E-state index in [1.807, 2.05) is 24.3 Å². The molecule has 0 saturated heterocycles. The Morgan fingerprint density at radius 1 is 1.41 bits per heavy atom. The fourth-order valence-corrected chi connectivity index (χ4v) is 1.78. The Hall–Kier alpha value is -1.20. The lowest BCUT2D eigenvalue weighted by Gasteiger charge is -2.06. The highest BCUT2D eigenvalue weighted by molar-refractivity contribution is 9.10. The molecule has 1 heterocycles. The van der Waals surface area contributed by atoms with Crippen LogP contribution in [0.15, 0.2) is 34.9 Å². The molecule has 0 aliphatic carbocycles. The number of nitrogens with zero attached hydrogens (tertiary/aromatic N) is 2. The second kappa shape index (κ2) is 5.42. The summed E-state index contributed by atoms with van der Waals surface area (Å²) in [5.74, 6) is -0.783. The van der Waals surface area contributed by atoms with Crippen LogP contribution in [0.5, 0.6) is 5.88 Å². The van der Waals surface area contributed by atoms with Crippen molar-refractivity contribution in [3.05, 3.63) is 51.6 Å². The molecule has 0 atom stereocenters. The minimum absolute atomic E-state index is 0.0457. The Labute approximate surface area is 111 Å². The highest BCUT2D eigenvalue weighted by Crippen LogP contribution is 2.17. The summed E-state index contributed by atoms with van der Waals surface area (Å²) in [6, 6.07) is 7.50. The van der Waals surface area contributed by atoms with Gasteiger partial charge in [-0.1, -0.05) is 28.1 Å². The van der Waals surface area contributed by atoms with Crippen LogP contribution in [0.3, 0.4) is 0 Å². The zero-order chi connectivity index (χ0) is 12.3. The molecular formula is C11H7BrClFN2O. The van der Waals surface area contributed by atoms with E-state index < -0.39 is 5.82 Å². The van der Waals surface area contributed by atoms with E-state index in [0.29, 0.717) is 0 Å². The summed E-state index contributed by atoms with van der Waals surface area (Å²) < 4.78 is 19.4. The van der Waals surface area contributed by atoms with Crippen LogP contribution in [0.2, 0.25) is 5.28 Å². The van der Waals surface area contributed by atoms with E-state index >= 15 is 0 Å². The fraction of sp³-hybridized carbons (Fsp3) is 0.0909. The van der Waals surface area contributed by atoms with Gasteiger partial charge < -0.3 is 4.74 Å². The number of hydrogen-bond acceptors (Lipinski definition) is 3. The van der Waals surface area contributed by atoms with Crippen molar-refractivity contribution in [2.24, 2.45) is 0 Å². The fourth-order valence-electron chi connectivity index (χ4n) is 1.21. The van der Waals surface area contributed by atoms with Crippen molar-refractivity contribution in [1.82, 2.24) is 9.97 Å². The second-order valence-corrected chi connectivity index (χ2v) is 4.46. The molecule has 1 aromatic heterocycles. The quantitative estimate of drug-likeness (QED) is 0.811. The van der Waals surface area contributed by atoms with Crippen LogP contribution in [-0.4, -0.2) is 9.97 Å². The molecule has 6 heteroatoms. The molecule has 0 bridgehead atoms. The molecule has 0 radical (unpaired) electrons. The van der Waals surface area contributed by atoms with Gasteiger partial charge in [-0.2, -0.15) is 9.37 Å². The molecule has 2 rings (SSSR count). The molecule has 0 amide bonds. The molecule has 3 nitrogen and oxygen atoms in total. The third-order valence-electron chi connectivity index (χ3n) is 1.95. The zero-order valence-corrected chi connectivity index (χ0v) is 10.9. The van der Waals surface area contributed by atoms with Gasteiger partial charge in [0, 0.05) is 4.47 Å². The van der Waals surface area contributed by atoms with E-state index in [-0.39, 0.29) is 17.8 Å². The van der Waals surface area contributed by atoms with E-state index in [2.05, 4.69) is 25.9 Å². The second-order valence-electron chi connectivity index (χ2n) is 3.21. The predicted octanol–water partition coefficient (Wildman–Crippen LogP) is 3.61. The van der Waals surface area contributed by atoms with Crippen molar-refractivity contribution in [2.75, 3.05) is 0 Å². The van der Waals surface area contributed by atoms with Crippen LogP contribution in [0, 0.1) is 5.82 Å². The molecule has 0 unspecified atom stereocenters. The Kier molecular flexibility index (Phi) is 3.91. The van der Waals surface area contributed by atoms with Gasteiger partial charge in [0.05, 0.1) is 6.20 Å². The molecule has 0 aliphatic rings. The first-order valence-electron chi connectivity index (χ1n) is 4.70. The van der Waals surface area contributed by atoms with E-state index in [1.165, 1.54) is 0 Å². The first-order chi connectivity index (χ1) is 8.15. The minimum Gasteiger partial charge on any atom is -0.471 e. The van der Waals surface area contributed by atoms with Gasteiger partial charge in [-0.05, 0) is 29.3 Å². The average Bonchev–Trinajstić information content (AvgIpc) is 2.30. The maximum atomic E-state index is 13.2. The monoisotopic (exact) mass is 316 g/mol. The van der Waals surface area contributed by atoms with Crippen molar-refractivity contribution in [1.29, 1.82) is 0 Å². The summed E-state index contributed by atoms with van der Waals surface area (Å²) in [6.45, 7) is 0.212. The maximum absolute atomic E-state index is 13.2. The van der Waals surface area contributed by atoms with Gasteiger partial charge >= 0.3 is 0 Å². The van der Waals surface area contributed by atoms with Gasteiger partial charge in [-0.3, -0.25) is 0 Å². The van der Waals surface area contributed by atoms with Crippen LogP contribution >= 0.6 is 27.5 Å².